The van der Waals surface area contributed by atoms with Crippen LogP contribution in [0.5, 0.6) is 0 Å². The van der Waals surface area contributed by atoms with Gasteiger partial charge >= 0.3 is 0 Å². The molecule has 3 heteroatoms. The average Bonchev–Trinajstić information content (AvgIpc) is 3.90. The standard InChI is InChI=1S/C57H41N3/c1-57(2)51-36-43(30-32-45(51)46-33-31-44(37-52(46)57)60-53-22-12-9-19-47(53)48-20-10-13-23-54(48)60)58(40-15-5-3-6-16-40)42-28-25-38(26-29-42)39-27-34-56-50(35-39)49-21-11-14-24-55(49)59(56)41-17-7-4-8-18-41/h3-37H,1-2H3. The van der Waals surface area contributed by atoms with Crippen molar-refractivity contribution in [2.75, 3.05) is 4.90 Å². The van der Waals surface area contributed by atoms with E-state index in [2.05, 4.69) is 240 Å². The first-order valence-electron chi connectivity index (χ1n) is 20.9. The smallest absolute Gasteiger partial charge is 0.0541 e. The van der Waals surface area contributed by atoms with Gasteiger partial charge in [0.25, 0.3) is 0 Å². The molecule has 0 bridgehead atoms. The summed E-state index contributed by atoms with van der Waals surface area (Å²) in [5.74, 6) is 0. The highest BCUT2D eigenvalue weighted by Gasteiger charge is 2.36. The van der Waals surface area contributed by atoms with Crippen LogP contribution in [0.4, 0.5) is 17.1 Å². The maximum absolute atomic E-state index is 2.43. The summed E-state index contributed by atoms with van der Waals surface area (Å²) in [6.45, 7) is 4.76. The van der Waals surface area contributed by atoms with Crippen molar-refractivity contribution in [2.45, 2.75) is 19.3 Å². The Balaban J connectivity index is 0.926. The van der Waals surface area contributed by atoms with Crippen LogP contribution in [0.2, 0.25) is 0 Å². The van der Waals surface area contributed by atoms with Gasteiger partial charge in [0.2, 0.25) is 0 Å². The summed E-state index contributed by atoms with van der Waals surface area (Å²) in [4.78, 5) is 2.39. The molecule has 0 N–H and O–H groups in total. The third kappa shape index (κ3) is 5.15. The normalized spacial score (nSPS) is 13.0. The van der Waals surface area contributed by atoms with E-state index in [1.807, 2.05) is 0 Å². The number of fused-ring (bicyclic) bond motifs is 9. The Hall–Kier alpha value is -7.62. The second-order valence-corrected chi connectivity index (χ2v) is 16.6. The minimum atomic E-state index is -0.204. The van der Waals surface area contributed by atoms with Gasteiger partial charge < -0.3 is 14.0 Å². The van der Waals surface area contributed by atoms with Crippen molar-refractivity contribution in [3.8, 4) is 33.6 Å². The maximum atomic E-state index is 2.43. The predicted octanol–water partition coefficient (Wildman–Crippen LogP) is 15.3. The van der Waals surface area contributed by atoms with Gasteiger partial charge in [-0.15, -0.1) is 0 Å². The fourth-order valence-electron chi connectivity index (χ4n) is 10.0. The molecule has 0 saturated carbocycles. The zero-order valence-electron chi connectivity index (χ0n) is 33.5. The molecule has 1 aliphatic carbocycles. The van der Waals surface area contributed by atoms with Crippen molar-refractivity contribution in [2.24, 2.45) is 0 Å². The quantitative estimate of drug-likeness (QED) is 0.164. The van der Waals surface area contributed by atoms with E-state index in [1.54, 1.807) is 0 Å². The molecule has 9 aromatic carbocycles. The van der Waals surface area contributed by atoms with Gasteiger partial charge in [-0.1, -0.05) is 135 Å². The number of anilines is 3. The van der Waals surface area contributed by atoms with Gasteiger partial charge in [0.1, 0.15) is 0 Å². The highest BCUT2D eigenvalue weighted by atomic mass is 15.1. The van der Waals surface area contributed by atoms with E-state index in [-0.39, 0.29) is 5.41 Å². The van der Waals surface area contributed by atoms with E-state index in [1.165, 1.54) is 88.4 Å². The minimum Gasteiger partial charge on any atom is -0.310 e. The predicted molar refractivity (Wildman–Crippen MR) is 253 cm³/mol. The first-order valence-corrected chi connectivity index (χ1v) is 20.9. The molecule has 0 saturated heterocycles. The van der Waals surface area contributed by atoms with Gasteiger partial charge in [0.05, 0.1) is 22.1 Å². The maximum Gasteiger partial charge on any atom is 0.0541 e. The van der Waals surface area contributed by atoms with Crippen LogP contribution in [-0.2, 0) is 5.41 Å². The summed E-state index contributed by atoms with van der Waals surface area (Å²) in [7, 11) is 0. The molecule has 3 nitrogen and oxygen atoms in total. The Morgan fingerprint density at radius 2 is 0.800 bits per heavy atom. The Morgan fingerprint density at radius 1 is 0.333 bits per heavy atom. The number of hydrogen-bond acceptors (Lipinski definition) is 1. The molecule has 0 atom stereocenters. The minimum absolute atomic E-state index is 0.204. The van der Waals surface area contributed by atoms with Crippen LogP contribution in [0.25, 0.3) is 77.2 Å². The van der Waals surface area contributed by atoms with Gasteiger partial charge in [-0.3, -0.25) is 0 Å². The van der Waals surface area contributed by atoms with Gasteiger partial charge in [-0.25, -0.2) is 0 Å². The summed E-state index contributed by atoms with van der Waals surface area (Å²) >= 11 is 0. The molecule has 60 heavy (non-hydrogen) atoms. The molecule has 0 amide bonds. The number of rotatable bonds is 6. The summed E-state index contributed by atoms with van der Waals surface area (Å²) in [5.41, 5.74) is 18.1. The topological polar surface area (TPSA) is 13.1 Å². The largest absolute Gasteiger partial charge is 0.310 e. The molecule has 2 heterocycles. The zero-order valence-corrected chi connectivity index (χ0v) is 33.5. The highest BCUT2D eigenvalue weighted by molar-refractivity contribution is 6.11. The average molecular weight is 768 g/mol. The second kappa shape index (κ2) is 13.2. The number of hydrogen-bond donors (Lipinski definition) is 0. The molecule has 2 aromatic heterocycles. The monoisotopic (exact) mass is 767 g/mol. The van der Waals surface area contributed by atoms with Crippen LogP contribution in [0.1, 0.15) is 25.0 Å². The van der Waals surface area contributed by atoms with Crippen molar-refractivity contribution in [1.82, 2.24) is 9.13 Å². The molecule has 284 valence electrons. The van der Waals surface area contributed by atoms with Crippen molar-refractivity contribution in [3.63, 3.8) is 0 Å². The molecule has 0 spiro atoms. The number of nitrogens with zero attached hydrogens (tertiary/aromatic N) is 3. The lowest BCUT2D eigenvalue weighted by molar-refractivity contribution is 0.660. The van der Waals surface area contributed by atoms with Crippen LogP contribution in [0.15, 0.2) is 212 Å². The van der Waals surface area contributed by atoms with E-state index in [9.17, 15) is 0 Å². The van der Waals surface area contributed by atoms with E-state index in [0.717, 1.165) is 17.1 Å². The van der Waals surface area contributed by atoms with Crippen LogP contribution >= 0.6 is 0 Å². The lowest BCUT2D eigenvalue weighted by Crippen LogP contribution is -2.17. The fourth-order valence-corrected chi connectivity index (χ4v) is 10.0. The van der Waals surface area contributed by atoms with Gasteiger partial charge in [0, 0.05) is 55.4 Å². The zero-order chi connectivity index (χ0) is 40.0. The Bertz CT molecular complexity index is 3390. The van der Waals surface area contributed by atoms with Gasteiger partial charge in [-0.05, 0) is 124 Å². The number of benzene rings is 9. The molecule has 12 rings (SSSR count). The molecular formula is C57H41N3. The molecule has 0 unspecified atom stereocenters. The highest BCUT2D eigenvalue weighted by Crippen LogP contribution is 2.51. The van der Waals surface area contributed by atoms with Crippen LogP contribution in [0, 0.1) is 0 Å². The lowest BCUT2D eigenvalue weighted by Gasteiger charge is -2.28. The lowest BCUT2D eigenvalue weighted by atomic mass is 9.82. The molecular weight excluding hydrogens is 727 g/mol. The SMILES string of the molecule is CC1(C)c2cc(N(c3ccccc3)c3ccc(-c4ccc5c(c4)c4ccccc4n5-c4ccccc4)cc3)ccc2-c2ccc(-n3c4ccccc4c4ccccc43)cc21. The Labute approximate surface area is 349 Å². The Morgan fingerprint density at radius 3 is 1.45 bits per heavy atom. The van der Waals surface area contributed by atoms with Crippen LogP contribution in [-0.4, -0.2) is 9.13 Å². The first-order chi connectivity index (χ1) is 29.5. The third-order valence-corrected chi connectivity index (χ3v) is 12.9. The second-order valence-electron chi connectivity index (χ2n) is 16.6. The molecule has 0 fully saturated rings. The Kier molecular flexibility index (Phi) is 7.58. The van der Waals surface area contributed by atoms with Crippen LogP contribution in [0.3, 0.4) is 0 Å². The van der Waals surface area contributed by atoms with E-state index in [4.69, 9.17) is 0 Å². The molecule has 0 aliphatic heterocycles. The van der Waals surface area contributed by atoms with Gasteiger partial charge in [0.15, 0.2) is 0 Å². The summed E-state index contributed by atoms with van der Waals surface area (Å²) in [6.07, 6.45) is 0. The van der Waals surface area contributed by atoms with Crippen molar-refractivity contribution < 1.29 is 0 Å². The van der Waals surface area contributed by atoms with E-state index in [0.29, 0.717) is 0 Å². The van der Waals surface area contributed by atoms with E-state index >= 15 is 0 Å². The summed E-state index contributed by atoms with van der Waals surface area (Å²) in [6, 6.07) is 77.7. The number of para-hydroxylation sites is 5. The van der Waals surface area contributed by atoms with Gasteiger partial charge in [-0.2, -0.15) is 0 Å². The van der Waals surface area contributed by atoms with Crippen LogP contribution < -0.4 is 4.90 Å². The molecule has 11 aromatic rings. The molecule has 0 radical (unpaired) electrons. The van der Waals surface area contributed by atoms with Crippen molar-refractivity contribution >= 4 is 60.7 Å². The number of aromatic nitrogens is 2. The molecule has 1 aliphatic rings. The van der Waals surface area contributed by atoms with Crippen molar-refractivity contribution in [3.05, 3.63) is 223 Å². The fraction of sp³-hybridized carbons (Fsp3) is 0.0526. The van der Waals surface area contributed by atoms with Crippen molar-refractivity contribution in [1.29, 1.82) is 0 Å². The summed E-state index contributed by atoms with van der Waals surface area (Å²) in [5, 5.41) is 5.08. The first kappa shape index (κ1) is 34.4. The van der Waals surface area contributed by atoms with E-state index < -0.39 is 0 Å². The summed E-state index contributed by atoms with van der Waals surface area (Å²) < 4.78 is 4.80. The third-order valence-electron chi connectivity index (χ3n) is 12.9.